The third-order valence-electron chi connectivity index (χ3n) is 7.09. The third-order valence-corrected chi connectivity index (χ3v) is 7.09. The molecule has 1 aliphatic rings. The highest BCUT2D eigenvalue weighted by atomic mass is 19.1. The Balaban J connectivity index is 2.04. The number of aromatic nitrogens is 2. The Morgan fingerprint density at radius 1 is 1.33 bits per heavy atom. The van der Waals surface area contributed by atoms with Crippen LogP contribution in [0.5, 0.6) is 5.75 Å². The minimum absolute atomic E-state index is 0.0881. The molecule has 0 aliphatic carbocycles. The monoisotopic (exact) mass is 452 g/mol. The number of carbonyl (C=O) groups is 1. The zero-order chi connectivity index (χ0) is 23.9. The van der Waals surface area contributed by atoms with Gasteiger partial charge in [0.05, 0.1) is 20.1 Å². The number of esters is 1. The van der Waals surface area contributed by atoms with Gasteiger partial charge in [-0.15, -0.1) is 0 Å². The van der Waals surface area contributed by atoms with E-state index < -0.39 is 0 Å². The number of carbonyl (C=O) groups excluding carboxylic acids is 1. The molecule has 6 heteroatoms. The van der Waals surface area contributed by atoms with Crippen molar-refractivity contribution in [1.82, 2.24) is 9.55 Å². The molecule has 2 aromatic heterocycles. The number of fused-ring (bicyclic) bond motifs is 2. The Morgan fingerprint density at radius 2 is 2.09 bits per heavy atom. The fraction of sp³-hybridized carbons (Fsp3) is 0.481. The largest absolute Gasteiger partial charge is 0.490 e. The van der Waals surface area contributed by atoms with Crippen molar-refractivity contribution in [2.75, 3.05) is 13.7 Å². The van der Waals surface area contributed by atoms with E-state index in [9.17, 15) is 4.79 Å². The van der Waals surface area contributed by atoms with Crippen LogP contribution >= 0.6 is 0 Å². The molecule has 3 aromatic rings. The Bertz CT molecular complexity index is 1230. The second-order valence-corrected chi connectivity index (χ2v) is 9.24. The van der Waals surface area contributed by atoms with Crippen LogP contribution in [0.15, 0.2) is 12.1 Å². The summed E-state index contributed by atoms with van der Waals surface area (Å²) in [5.74, 6) is 0.208. The smallest absolute Gasteiger partial charge is 0.310 e. The number of aryl methyl sites for hydroxylation is 2. The molecule has 0 saturated carbocycles. The molecule has 0 fully saturated rings. The van der Waals surface area contributed by atoms with Crippen molar-refractivity contribution in [3.05, 3.63) is 46.0 Å². The Morgan fingerprint density at radius 3 is 2.79 bits per heavy atom. The third kappa shape index (κ3) is 4.11. The van der Waals surface area contributed by atoms with Crippen LogP contribution in [-0.4, -0.2) is 29.2 Å². The minimum Gasteiger partial charge on any atom is -0.490 e. The summed E-state index contributed by atoms with van der Waals surface area (Å²) in [4.78, 5) is 17.2. The second-order valence-electron chi connectivity index (χ2n) is 9.24. The van der Waals surface area contributed by atoms with Crippen LogP contribution in [0, 0.1) is 25.6 Å². The van der Waals surface area contributed by atoms with Gasteiger partial charge < -0.3 is 14.0 Å². The SMILES string of the molecule is CCC(C)Cc1cc2c(-c3cc(F)c4c(c3C)CCCO4)c(CC(=O)OC)c(C)nc2n1C. The summed E-state index contributed by atoms with van der Waals surface area (Å²) in [5, 5.41) is 0.944. The van der Waals surface area contributed by atoms with Gasteiger partial charge in [0.1, 0.15) is 5.65 Å². The Labute approximate surface area is 194 Å². The van der Waals surface area contributed by atoms with Crippen molar-refractivity contribution in [3.63, 3.8) is 0 Å². The molecule has 1 atom stereocenters. The standard InChI is InChI=1S/C27H33FN2O3/c1-7-15(2)11-18-12-22-25(20-13-23(28)26-19(16(20)3)9-8-10-33-26)21(14-24(31)32-6)17(4)29-27(22)30(18)5/h12-13,15H,7-11,14H2,1-6H3. The molecule has 176 valence electrons. The first-order valence-corrected chi connectivity index (χ1v) is 11.8. The molecule has 3 heterocycles. The average Bonchev–Trinajstić information content (AvgIpc) is 3.11. The number of methoxy groups -OCH3 is 1. The fourth-order valence-corrected chi connectivity index (χ4v) is 4.89. The molecule has 4 rings (SSSR count). The highest BCUT2D eigenvalue weighted by molar-refractivity contribution is 5.99. The summed E-state index contributed by atoms with van der Waals surface area (Å²) in [7, 11) is 3.42. The number of benzene rings is 1. The lowest BCUT2D eigenvalue weighted by atomic mass is 9.87. The van der Waals surface area contributed by atoms with Gasteiger partial charge in [-0.25, -0.2) is 9.37 Å². The van der Waals surface area contributed by atoms with Crippen LogP contribution in [0.2, 0.25) is 0 Å². The molecule has 33 heavy (non-hydrogen) atoms. The molecule has 1 aliphatic heterocycles. The van der Waals surface area contributed by atoms with Gasteiger partial charge >= 0.3 is 5.97 Å². The lowest BCUT2D eigenvalue weighted by Crippen LogP contribution is -2.13. The topological polar surface area (TPSA) is 53.4 Å². The number of hydrogen-bond donors (Lipinski definition) is 0. The van der Waals surface area contributed by atoms with E-state index in [1.807, 2.05) is 20.9 Å². The van der Waals surface area contributed by atoms with Crippen LogP contribution in [0.4, 0.5) is 4.39 Å². The molecule has 1 unspecified atom stereocenters. The molecule has 0 N–H and O–H groups in total. The predicted molar refractivity (Wildman–Crippen MR) is 128 cm³/mol. The van der Waals surface area contributed by atoms with E-state index >= 15 is 4.39 Å². The first kappa shape index (κ1) is 23.3. The summed E-state index contributed by atoms with van der Waals surface area (Å²) in [6, 6.07) is 3.73. The maximum absolute atomic E-state index is 15.2. The maximum atomic E-state index is 15.2. The van der Waals surface area contributed by atoms with Gasteiger partial charge in [0, 0.05) is 29.4 Å². The van der Waals surface area contributed by atoms with Crippen molar-refractivity contribution in [1.29, 1.82) is 0 Å². The predicted octanol–water partition coefficient (Wildman–Crippen LogP) is 5.63. The lowest BCUT2D eigenvalue weighted by Gasteiger charge is -2.23. The lowest BCUT2D eigenvalue weighted by molar-refractivity contribution is -0.139. The van der Waals surface area contributed by atoms with Crippen molar-refractivity contribution < 1.29 is 18.7 Å². The summed E-state index contributed by atoms with van der Waals surface area (Å²) < 4.78 is 28.0. The van der Waals surface area contributed by atoms with Crippen molar-refractivity contribution in [2.24, 2.45) is 13.0 Å². The van der Waals surface area contributed by atoms with E-state index in [0.29, 0.717) is 18.3 Å². The van der Waals surface area contributed by atoms with Crippen molar-refractivity contribution in [3.8, 4) is 16.9 Å². The first-order valence-electron chi connectivity index (χ1n) is 11.8. The van der Waals surface area contributed by atoms with E-state index in [1.165, 1.54) is 12.8 Å². The van der Waals surface area contributed by atoms with Gasteiger partial charge in [-0.2, -0.15) is 0 Å². The normalized spacial score (nSPS) is 14.2. The van der Waals surface area contributed by atoms with E-state index in [4.69, 9.17) is 14.5 Å². The van der Waals surface area contributed by atoms with Gasteiger partial charge in [-0.05, 0) is 73.4 Å². The zero-order valence-corrected chi connectivity index (χ0v) is 20.5. The highest BCUT2D eigenvalue weighted by Gasteiger charge is 2.26. The second kappa shape index (κ2) is 9.16. The molecule has 5 nitrogen and oxygen atoms in total. The number of pyridine rings is 1. The molecule has 0 amide bonds. The molecule has 0 bridgehead atoms. The average molecular weight is 453 g/mol. The van der Waals surface area contributed by atoms with Crippen LogP contribution in [-0.2, 0) is 35.8 Å². The summed E-state index contributed by atoms with van der Waals surface area (Å²) >= 11 is 0. The number of rotatable bonds is 6. The van der Waals surface area contributed by atoms with Gasteiger partial charge in [0.2, 0.25) is 0 Å². The molecule has 0 radical (unpaired) electrons. The molecular weight excluding hydrogens is 419 g/mol. The van der Waals surface area contributed by atoms with E-state index in [0.717, 1.165) is 70.2 Å². The van der Waals surface area contributed by atoms with Gasteiger partial charge in [-0.1, -0.05) is 20.3 Å². The highest BCUT2D eigenvalue weighted by Crippen LogP contribution is 2.42. The number of hydrogen-bond acceptors (Lipinski definition) is 4. The summed E-state index contributed by atoms with van der Waals surface area (Å²) in [6.07, 6.45) is 3.74. The summed E-state index contributed by atoms with van der Waals surface area (Å²) in [5.41, 5.74) is 7.16. The Kier molecular flexibility index (Phi) is 6.46. The van der Waals surface area contributed by atoms with Crippen LogP contribution in [0.25, 0.3) is 22.2 Å². The van der Waals surface area contributed by atoms with Crippen molar-refractivity contribution >= 4 is 17.0 Å². The van der Waals surface area contributed by atoms with Gasteiger partial charge in [-0.3, -0.25) is 4.79 Å². The van der Waals surface area contributed by atoms with E-state index in [-0.39, 0.29) is 18.2 Å². The number of nitrogens with zero attached hydrogens (tertiary/aromatic N) is 2. The minimum atomic E-state index is -0.354. The zero-order valence-electron chi connectivity index (χ0n) is 20.5. The molecular formula is C27H33FN2O3. The van der Waals surface area contributed by atoms with E-state index in [1.54, 1.807) is 6.07 Å². The van der Waals surface area contributed by atoms with Crippen LogP contribution in [0.3, 0.4) is 0 Å². The molecule has 0 saturated heterocycles. The number of halogens is 1. The molecule has 1 aromatic carbocycles. The van der Waals surface area contributed by atoms with Crippen LogP contribution < -0.4 is 4.74 Å². The van der Waals surface area contributed by atoms with Crippen LogP contribution in [0.1, 0.15) is 54.8 Å². The van der Waals surface area contributed by atoms with Crippen molar-refractivity contribution in [2.45, 2.75) is 59.8 Å². The quantitative estimate of drug-likeness (QED) is 0.455. The number of ether oxygens (including phenoxy) is 2. The maximum Gasteiger partial charge on any atom is 0.310 e. The Hall–Kier alpha value is -2.89. The van der Waals surface area contributed by atoms with E-state index in [2.05, 4.69) is 24.5 Å². The fourth-order valence-electron chi connectivity index (χ4n) is 4.89. The summed E-state index contributed by atoms with van der Waals surface area (Å²) in [6.45, 7) is 8.90. The van der Waals surface area contributed by atoms with Gasteiger partial charge in [0.25, 0.3) is 0 Å². The first-order chi connectivity index (χ1) is 15.8. The molecule has 0 spiro atoms. The van der Waals surface area contributed by atoms with Gasteiger partial charge in [0.15, 0.2) is 11.6 Å².